The molecule has 1 aliphatic heterocycles. The number of aryl methyl sites for hydroxylation is 1. The number of halogens is 2. The van der Waals surface area contributed by atoms with Gasteiger partial charge in [-0.3, -0.25) is 4.79 Å². The molecule has 27 heavy (non-hydrogen) atoms. The maximum atomic E-state index is 13.2. The summed E-state index contributed by atoms with van der Waals surface area (Å²) in [5.41, 5.74) is 1.64. The Labute approximate surface area is 167 Å². The van der Waals surface area contributed by atoms with E-state index in [9.17, 15) is 9.18 Å². The molecule has 0 radical (unpaired) electrons. The zero-order valence-corrected chi connectivity index (χ0v) is 16.6. The van der Waals surface area contributed by atoms with Gasteiger partial charge in [-0.15, -0.1) is 23.7 Å². The molecule has 1 fully saturated rings. The molecular formula is C19H22ClFN4OS. The second kappa shape index (κ2) is 8.37. The molecule has 8 heteroatoms. The van der Waals surface area contributed by atoms with Gasteiger partial charge < -0.3 is 10.6 Å². The van der Waals surface area contributed by atoms with E-state index >= 15 is 0 Å². The summed E-state index contributed by atoms with van der Waals surface area (Å²) in [6.07, 6.45) is 2.31. The normalized spacial score (nSPS) is 16.9. The van der Waals surface area contributed by atoms with Gasteiger partial charge in [0, 0.05) is 11.9 Å². The highest BCUT2D eigenvalue weighted by Crippen LogP contribution is 2.30. The van der Waals surface area contributed by atoms with Crippen LogP contribution in [0.2, 0.25) is 0 Å². The Kier molecular flexibility index (Phi) is 6.14. The Morgan fingerprint density at radius 1 is 1.41 bits per heavy atom. The molecule has 1 aromatic carbocycles. The molecule has 0 aliphatic carbocycles. The van der Waals surface area contributed by atoms with E-state index < -0.39 is 0 Å². The number of aromatic nitrogens is 2. The average molecular weight is 409 g/mol. The first-order valence-electron chi connectivity index (χ1n) is 8.86. The Balaban J connectivity index is 0.00000210. The van der Waals surface area contributed by atoms with Gasteiger partial charge in [0.2, 0.25) is 0 Å². The van der Waals surface area contributed by atoms with Gasteiger partial charge in [-0.25, -0.2) is 9.07 Å². The highest BCUT2D eigenvalue weighted by atomic mass is 35.5. The molecule has 1 amide bonds. The number of hydrogen-bond acceptors (Lipinski definition) is 4. The number of amides is 1. The first kappa shape index (κ1) is 19.8. The molecule has 1 unspecified atom stereocenters. The minimum absolute atomic E-state index is 0. The molecule has 2 aromatic heterocycles. The fraction of sp³-hybridized carbons (Fsp3) is 0.368. The molecule has 2 N–H and O–H groups in total. The van der Waals surface area contributed by atoms with Crippen LogP contribution in [-0.4, -0.2) is 35.3 Å². The maximum absolute atomic E-state index is 13.2. The maximum Gasteiger partial charge on any atom is 0.261 e. The van der Waals surface area contributed by atoms with Gasteiger partial charge in [0.15, 0.2) is 0 Å². The second-order valence-corrected chi connectivity index (χ2v) is 7.76. The minimum Gasteiger partial charge on any atom is -0.351 e. The first-order valence-corrected chi connectivity index (χ1v) is 9.67. The molecule has 5 nitrogen and oxygen atoms in total. The standard InChI is InChI=1S/C19H21FN4OS.ClH/c1-12-16-9-17(18(25)22-11-13-3-2-8-21-10-13)26-19(16)24(23-12)15-6-4-14(20)5-7-15;/h4-7,9,13,21H,2-3,8,10-11H2,1H3,(H,22,25);1H. The Morgan fingerprint density at radius 2 is 2.19 bits per heavy atom. The van der Waals surface area contributed by atoms with Crippen molar-refractivity contribution in [1.29, 1.82) is 0 Å². The fourth-order valence-corrected chi connectivity index (χ4v) is 4.44. The van der Waals surface area contributed by atoms with Gasteiger partial charge in [-0.1, -0.05) is 0 Å². The number of nitrogens with one attached hydrogen (secondary N) is 2. The molecule has 1 atom stereocenters. The van der Waals surface area contributed by atoms with Crippen molar-refractivity contribution in [3.05, 3.63) is 46.7 Å². The Morgan fingerprint density at radius 3 is 2.89 bits per heavy atom. The van der Waals surface area contributed by atoms with Crippen LogP contribution >= 0.6 is 23.7 Å². The quantitative estimate of drug-likeness (QED) is 0.692. The Bertz CT molecular complexity index is 931. The van der Waals surface area contributed by atoms with Crippen molar-refractivity contribution < 1.29 is 9.18 Å². The van der Waals surface area contributed by atoms with Gasteiger partial charge in [-0.05, 0) is 69.1 Å². The van der Waals surface area contributed by atoms with Crippen LogP contribution in [0.5, 0.6) is 0 Å². The van der Waals surface area contributed by atoms with Gasteiger partial charge in [0.25, 0.3) is 5.91 Å². The van der Waals surface area contributed by atoms with Crippen molar-refractivity contribution in [2.75, 3.05) is 19.6 Å². The van der Waals surface area contributed by atoms with Gasteiger partial charge >= 0.3 is 0 Å². The van der Waals surface area contributed by atoms with E-state index in [4.69, 9.17) is 0 Å². The lowest BCUT2D eigenvalue weighted by atomic mass is 10.00. The van der Waals surface area contributed by atoms with Gasteiger partial charge in [0.1, 0.15) is 10.6 Å². The van der Waals surface area contributed by atoms with Crippen molar-refractivity contribution in [1.82, 2.24) is 20.4 Å². The molecule has 1 aliphatic rings. The second-order valence-electron chi connectivity index (χ2n) is 6.73. The molecule has 3 heterocycles. The van der Waals surface area contributed by atoms with Crippen LogP contribution in [0.1, 0.15) is 28.2 Å². The number of nitrogens with zero attached hydrogens (tertiary/aromatic N) is 2. The van der Waals surface area contributed by atoms with E-state index in [0.29, 0.717) is 17.3 Å². The predicted octanol–water partition coefficient (Wildman–Crippen LogP) is 3.69. The molecule has 0 spiro atoms. The van der Waals surface area contributed by atoms with Crippen LogP contribution < -0.4 is 10.6 Å². The van der Waals surface area contributed by atoms with Gasteiger partial charge in [0.05, 0.1) is 16.3 Å². The van der Waals surface area contributed by atoms with Crippen molar-refractivity contribution in [2.24, 2.45) is 5.92 Å². The fourth-order valence-electron chi connectivity index (χ4n) is 3.34. The monoisotopic (exact) mass is 408 g/mol. The number of benzene rings is 1. The van der Waals surface area contributed by atoms with E-state index in [1.165, 1.54) is 23.5 Å². The van der Waals surface area contributed by atoms with Crippen LogP contribution in [0.15, 0.2) is 30.3 Å². The van der Waals surface area contributed by atoms with Crippen molar-refractivity contribution in [3.63, 3.8) is 0 Å². The zero-order chi connectivity index (χ0) is 18.1. The molecule has 0 bridgehead atoms. The molecular weight excluding hydrogens is 387 g/mol. The molecule has 1 saturated heterocycles. The Hall–Kier alpha value is -1.96. The summed E-state index contributed by atoms with van der Waals surface area (Å²) < 4.78 is 15.0. The highest BCUT2D eigenvalue weighted by molar-refractivity contribution is 7.20. The lowest BCUT2D eigenvalue weighted by molar-refractivity contribution is 0.0949. The SMILES string of the molecule is Cc1nn(-c2ccc(F)cc2)c2sc(C(=O)NCC3CCCNC3)cc12.Cl. The van der Waals surface area contributed by atoms with Crippen LogP contribution in [0, 0.1) is 18.7 Å². The number of hydrogen-bond donors (Lipinski definition) is 2. The topological polar surface area (TPSA) is 59.0 Å². The summed E-state index contributed by atoms with van der Waals surface area (Å²) in [5, 5.41) is 11.9. The summed E-state index contributed by atoms with van der Waals surface area (Å²) in [5.74, 6) is 0.178. The minimum atomic E-state index is -0.280. The first-order chi connectivity index (χ1) is 12.6. The number of fused-ring (bicyclic) bond motifs is 1. The zero-order valence-electron chi connectivity index (χ0n) is 15.0. The summed E-state index contributed by atoms with van der Waals surface area (Å²) in [7, 11) is 0. The average Bonchev–Trinajstić information content (AvgIpc) is 3.22. The lowest BCUT2D eigenvalue weighted by Crippen LogP contribution is -2.37. The molecule has 144 valence electrons. The van der Waals surface area contributed by atoms with Crippen LogP contribution in [-0.2, 0) is 0 Å². The van der Waals surface area contributed by atoms with E-state index in [-0.39, 0.29) is 24.1 Å². The third kappa shape index (κ3) is 4.15. The van der Waals surface area contributed by atoms with Crippen LogP contribution in [0.3, 0.4) is 0 Å². The lowest BCUT2D eigenvalue weighted by Gasteiger charge is -2.22. The summed E-state index contributed by atoms with van der Waals surface area (Å²) in [4.78, 5) is 14.1. The number of carbonyl (C=O) groups is 1. The van der Waals surface area contributed by atoms with E-state index in [1.54, 1.807) is 16.8 Å². The third-order valence-electron chi connectivity index (χ3n) is 4.79. The summed E-state index contributed by atoms with van der Waals surface area (Å²) in [6, 6.07) is 8.11. The van der Waals surface area contributed by atoms with Gasteiger partial charge in [-0.2, -0.15) is 5.10 Å². The van der Waals surface area contributed by atoms with E-state index in [0.717, 1.165) is 47.5 Å². The largest absolute Gasteiger partial charge is 0.351 e. The highest BCUT2D eigenvalue weighted by Gasteiger charge is 2.19. The van der Waals surface area contributed by atoms with Crippen LogP contribution in [0.25, 0.3) is 15.9 Å². The number of piperidine rings is 1. The number of rotatable bonds is 4. The molecule has 4 rings (SSSR count). The number of thiophene rings is 1. The van der Waals surface area contributed by atoms with E-state index in [1.807, 2.05) is 13.0 Å². The van der Waals surface area contributed by atoms with Crippen LogP contribution in [0.4, 0.5) is 4.39 Å². The van der Waals surface area contributed by atoms with Crippen molar-refractivity contribution in [3.8, 4) is 5.69 Å². The van der Waals surface area contributed by atoms with Crippen molar-refractivity contribution in [2.45, 2.75) is 19.8 Å². The van der Waals surface area contributed by atoms with E-state index in [2.05, 4.69) is 15.7 Å². The predicted molar refractivity (Wildman–Crippen MR) is 109 cm³/mol. The summed E-state index contributed by atoms with van der Waals surface area (Å²) >= 11 is 1.42. The number of carbonyl (C=O) groups excluding carboxylic acids is 1. The molecule has 3 aromatic rings. The summed E-state index contributed by atoms with van der Waals surface area (Å²) in [6.45, 7) is 4.65. The van der Waals surface area contributed by atoms with Crippen molar-refractivity contribution >= 4 is 39.9 Å². The molecule has 0 saturated carbocycles. The smallest absolute Gasteiger partial charge is 0.261 e. The third-order valence-corrected chi connectivity index (χ3v) is 5.90.